The molecule has 1 saturated heterocycles. The fourth-order valence-corrected chi connectivity index (χ4v) is 3.15. The molecule has 0 amide bonds. The third kappa shape index (κ3) is 2.14. The van der Waals surface area contributed by atoms with Crippen LogP contribution in [0.2, 0.25) is 0 Å². The van der Waals surface area contributed by atoms with Crippen LogP contribution in [-0.2, 0) is 0 Å². The monoisotopic (exact) mass is 255 g/mol. The average molecular weight is 255 g/mol. The number of rotatable bonds is 2. The summed E-state index contributed by atoms with van der Waals surface area (Å²) in [6.07, 6.45) is 6.95. The summed E-state index contributed by atoms with van der Waals surface area (Å²) >= 11 is 0. The first-order chi connectivity index (χ1) is 9.31. The van der Waals surface area contributed by atoms with Gasteiger partial charge in [-0.2, -0.15) is 0 Å². The minimum Gasteiger partial charge on any atom is -0.398 e. The van der Waals surface area contributed by atoms with E-state index >= 15 is 0 Å². The number of nitrogen functional groups attached to an aromatic ring is 1. The molecule has 1 aliphatic heterocycles. The molecule has 0 aliphatic carbocycles. The third-order valence-electron chi connectivity index (χ3n) is 4.19. The quantitative estimate of drug-likeness (QED) is 0.834. The number of aromatic nitrogens is 1. The molecular formula is C16H21N3. The Morgan fingerprint density at radius 3 is 3.05 bits per heavy atom. The molecule has 1 aromatic heterocycles. The highest BCUT2D eigenvalue weighted by atomic mass is 15.2. The molecule has 2 heterocycles. The topological polar surface area (TPSA) is 42.1 Å². The van der Waals surface area contributed by atoms with Crippen molar-refractivity contribution in [1.82, 2.24) is 4.98 Å². The summed E-state index contributed by atoms with van der Waals surface area (Å²) < 4.78 is 0. The van der Waals surface area contributed by atoms with Gasteiger partial charge in [0.15, 0.2) is 0 Å². The average Bonchev–Trinajstić information content (AvgIpc) is 2.48. The molecule has 0 spiro atoms. The Kier molecular flexibility index (Phi) is 3.28. The highest BCUT2D eigenvalue weighted by Crippen LogP contribution is 2.33. The van der Waals surface area contributed by atoms with E-state index in [1.54, 1.807) is 0 Å². The lowest BCUT2D eigenvalue weighted by atomic mass is 9.98. The summed E-state index contributed by atoms with van der Waals surface area (Å²) in [5.74, 6) is 0. The molecule has 1 aliphatic rings. The minimum absolute atomic E-state index is 0.641. The fourth-order valence-electron chi connectivity index (χ4n) is 3.15. The van der Waals surface area contributed by atoms with Crippen molar-refractivity contribution in [2.75, 3.05) is 17.2 Å². The Bertz CT molecular complexity index is 579. The van der Waals surface area contributed by atoms with E-state index in [9.17, 15) is 0 Å². The Hall–Kier alpha value is -1.77. The number of pyridine rings is 1. The number of hydrogen-bond acceptors (Lipinski definition) is 3. The molecule has 0 radical (unpaired) electrons. The van der Waals surface area contributed by atoms with Crippen molar-refractivity contribution in [2.45, 2.75) is 38.6 Å². The van der Waals surface area contributed by atoms with E-state index in [0.29, 0.717) is 6.04 Å². The number of piperidine rings is 1. The van der Waals surface area contributed by atoms with E-state index in [-0.39, 0.29) is 0 Å². The summed E-state index contributed by atoms with van der Waals surface area (Å²) in [5, 5.41) is 1.07. The number of anilines is 2. The molecule has 0 bridgehead atoms. The van der Waals surface area contributed by atoms with Gasteiger partial charge in [0.05, 0.1) is 11.2 Å². The maximum absolute atomic E-state index is 6.06. The van der Waals surface area contributed by atoms with Crippen molar-refractivity contribution in [3.8, 4) is 0 Å². The van der Waals surface area contributed by atoms with Crippen LogP contribution in [0.25, 0.3) is 10.9 Å². The molecule has 3 heteroatoms. The second-order valence-electron chi connectivity index (χ2n) is 5.32. The molecule has 1 atom stereocenters. The van der Waals surface area contributed by atoms with Crippen LogP contribution in [0.4, 0.5) is 11.4 Å². The van der Waals surface area contributed by atoms with Gasteiger partial charge in [-0.25, -0.2) is 0 Å². The number of hydrogen-bond donors (Lipinski definition) is 1. The van der Waals surface area contributed by atoms with E-state index < -0.39 is 0 Å². The summed E-state index contributed by atoms with van der Waals surface area (Å²) in [6, 6.07) is 8.81. The first-order valence-corrected chi connectivity index (χ1v) is 7.21. The molecule has 3 nitrogen and oxygen atoms in total. The Balaban J connectivity index is 2.11. The second-order valence-corrected chi connectivity index (χ2v) is 5.32. The molecule has 0 saturated carbocycles. The van der Waals surface area contributed by atoms with Gasteiger partial charge >= 0.3 is 0 Å². The van der Waals surface area contributed by atoms with Crippen LogP contribution in [-0.4, -0.2) is 17.6 Å². The molecule has 1 aromatic carbocycles. The number of nitrogens with two attached hydrogens (primary N) is 1. The Morgan fingerprint density at radius 2 is 2.21 bits per heavy atom. The van der Waals surface area contributed by atoms with Crippen molar-refractivity contribution in [3.63, 3.8) is 0 Å². The first-order valence-electron chi connectivity index (χ1n) is 7.21. The van der Waals surface area contributed by atoms with Gasteiger partial charge < -0.3 is 10.6 Å². The maximum atomic E-state index is 6.06. The summed E-state index contributed by atoms with van der Waals surface area (Å²) in [5.41, 5.74) is 9.17. The van der Waals surface area contributed by atoms with Crippen LogP contribution in [0.3, 0.4) is 0 Å². The van der Waals surface area contributed by atoms with Crippen LogP contribution in [0.15, 0.2) is 30.5 Å². The van der Waals surface area contributed by atoms with E-state index in [0.717, 1.165) is 23.1 Å². The van der Waals surface area contributed by atoms with Gasteiger partial charge in [-0.15, -0.1) is 0 Å². The lowest BCUT2D eigenvalue weighted by Gasteiger charge is -2.37. The zero-order valence-corrected chi connectivity index (χ0v) is 11.5. The highest BCUT2D eigenvalue weighted by Gasteiger charge is 2.23. The van der Waals surface area contributed by atoms with E-state index in [1.807, 2.05) is 18.3 Å². The lowest BCUT2D eigenvalue weighted by molar-refractivity contribution is 0.451. The molecule has 19 heavy (non-hydrogen) atoms. The summed E-state index contributed by atoms with van der Waals surface area (Å²) in [4.78, 5) is 7.09. The largest absolute Gasteiger partial charge is 0.398 e. The second kappa shape index (κ2) is 5.08. The molecule has 100 valence electrons. The smallest absolute Gasteiger partial charge is 0.0956 e. The number of benzene rings is 1. The standard InChI is InChI=1S/C16H21N3/c1-2-12-6-3-4-11-19(12)15-9-8-14(17)13-7-5-10-18-16(13)15/h5,7-10,12H,2-4,6,11,17H2,1H3. The van der Waals surface area contributed by atoms with Crippen LogP contribution in [0.5, 0.6) is 0 Å². The van der Waals surface area contributed by atoms with Crippen LogP contribution in [0.1, 0.15) is 32.6 Å². The Morgan fingerprint density at radius 1 is 1.32 bits per heavy atom. The Labute approximate surface area is 114 Å². The fraction of sp³-hybridized carbons (Fsp3) is 0.438. The number of nitrogens with zero attached hydrogens (tertiary/aromatic N) is 2. The van der Waals surface area contributed by atoms with Gasteiger partial charge in [0.2, 0.25) is 0 Å². The lowest BCUT2D eigenvalue weighted by Crippen LogP contribution is -2.39. The molecule has 2 N–H and O–H groups in total. The molecule has 1 unspecified atom stereocenters. The van der Waals surface area contributed by atoms with Gasteiger partial charge in [-0.3, -0.25) is 4.98 Å². The van der Waals surface area contributed by atoms with Gasteiger partial charge in [0.25, 0.3) is 0 Å². The van der Waals surface area contributed by atoms with Gasteiger partial charge in [-0.1, -0.05) is 6.92 Å². The third-order valence-corrected chi connectivity index (χ3v) is 4.19. The van der Waals surface area contributed by atoms with Crippen LogP contribution >= 0.6 is 0 Å². The normalized spacial score (nSPS) is 19.8. The van der Waals surface area contributed by atoms with Crippen molar-refractivity contribution < 1.29 is 0 Å². The van der Waals surface area contributed by atoms with Crippen LogP contribution < -0.4 is 10.6 Å². The van der Waals surface area contributed by atoms with E-state index in [2.05, 4.69) is 28.9 Å². The first kappa shape index (κ1) is 12.3. The maximum Gasteiger partial charge on any atom is 0.0956 e. The van der Waals surface area contributed by atoms with E-state index in [4.69, 9.17) is 5.73 Å². The zero-order chi connectivity index (χ0) is 13.2. The highest BCUT2D eigenvalue weighted by molar-refractivity contribution is 5.98. The van der Waals surface area contributed by atoms with Gasteiger partial charge in [0, 0.05) is 29.9 Å². The van der Waals surface area contributed by atoms with Crippen LogP contribution in [0, 0.1) is 0 Å². The molecule has 1 fully saturated rings. The molecule has 2 aromatic rings. The van der Waals surface area contributed by atoms with Crippen molar-refractivity contribution >= 4 is 22.3 Å². The SMILES string of the molecule is CCC1CCCCN1c1ccc(N)c2cccnc12. The van der Waals surface area contributed by atoms with E-state index in [1.165, 1.54) is 31.4 Å². The van der Waals surface area contributed by atoms with Crippen molar-refractivity contribution in [3.05, 3.63) is 30.5 Å². The van der Waals surface area contributed by atoms with Crippen molar-refractivity contribution in [1.29, 1.82) is 0 Å². The summed E-state index contributed by atoms with van der Waals surface area (Å²) in [6.45, 7) is 3.41. The number of fused-ring (bicyclic) bond motifs is 1. The summed E-state index contributed by atoms with van der Waals surface area (Å²) in [7, 11) is 0. The zero-order valence-electron chi connectivity index (χ0n) is 11.5. The van der Waals surface area contributed by atoms with Gasteiger partial charge in [0.1, 0.15) is 0 Å². The molecule has 3 rings (SSSR count). The predicted molar refractivity (Wildman–Crippen MR) is 81.4 cm³/mol. The molecular weight excluding hydrogens is 234 g/mol. The van der Waals surface area contributed by atoms with Gasteiger partial charge in [-0.05, 0) is 49.9 Å². The minimum atomic E-state index is 0.641. The van der Waals surface area contributed by atoms with Crippen molar-refractivity contribution in [2.24, 2.45) is 0 Å². The predicted octanol–water partition coefficient (Wildman–Crippen LogP) is 3.59.